The number of hydrogen-bond acceptors (Lipinski definition) is 7. The van der Waals surface area contributed by atoms with Crippen molar-refractivity contribution in [2.24, 2.45) is 0 Å². The molecule has 2 aliphatic heterocycles. The van der Waals surface area contributed by atoms with Gasteiger partial charge in [0.25, 0.3) is 0 Å². The summed E-state index contributed by atoms with van der Waals surface area (Å²) in [7, 11) is 0. The fourth-order valence-corrected chi connectivity index (χ4v) is 4.14. The minimum Gasteiger partial charge on any atom is -0.379 e. The summed E-state index contributed by atoms with van der Waals surface area (Å²) in [5.41, 5.74) is 3.08. The van der Waals surface area contributed by atoms with E-state index >= 15 is 0 Å². The van der Waals surface area contributed by atoms with E-state index in [0.29, 0.717) is 19.5 Å². The van der Waals surface area contributed by atoms with E-state index in [1.807, 2.05) is 17.0 Å². The topological polar surface area (TPSA) is 79.1 Å². The first-order chi connectivity index (χ1) is 15.2. The molecule has 1 aromatic carbocycles. The Morgan fingerprint density at radius 1 is 0.903 bits per heavy atom. The fourth-order valence-electron chi connectivity index (χ4n) is 4.14. The van der Waals surface area contributed by atoms with E-state index in [-0.39, 0.29) is 5.91 Å². The highest BCUT2D eigenvalue weighted by atomic mass is 16.5. The lowest BCUT2D eigenvalue weighted by Crippen LogP contribution is -2.49. The molecule has 2 saturated heterocycles. The Hall–Kier alpha value is -3.04. The van der Waals surface area contributed by atoms with Crippen LogP contribution in [0.4, 0.5) is 5.82 Å². The Morgan fingerprint density at radius 3 is 2.42 bits per heavy atom. The van der Waals surface area contributed by atoms with E-state index in [0.717, 1.165) is 63.0 Å². The molecular weight excluding hydrogens is 394 g/mol. The standard InChI is InChI=1S/C22H27N7O2/c30-22(15-18-1-3-19(4-2-18)16-26-11-13-31-14-12-26)28-9-7-27(8-10-28)21-6-5-20-24-23-17-29(20)25-21/h1-6,17H,7-16H2. The van der Waals surface area contributed by atoms with Gasteiger partial charge in [-0.25, -0.2) is 0 Å². The quantitative estimate of drug-likeness (QED) is 0.604. The van der Waals surface area contributed by atoms with Gasteiger partial charge in [0.2, 0.25) is 5.91 Å². The van der Waals surface area contributed by atoms with E-state index < -0.39 is 0 Å². The van der Waals surface area contributed by atoms with Crippen LogP contribution < -0.4 is 4.90 Å². The molecule has 3 aromatic rings. The Balaban J connectivity index is 1.12. The molecule has 1 amide bonds. The SMILES string of the molecule is O=C(Cc1ccc(CN2CCOCC2)cc1)N1CCN(c2ccc3nncn3n2)CC1. The van der Waals surface area contributed by atoms with Crippen molar-refractivity contribution in [2.45, 2.75) is 13.0 Å². The normalized spacial score (nSPS) is 17.9. The van der Waals surface area contributed by atoms with E-state index in [1.165, 1.54) is 5.56 Å². The van der Waals surface area contributed by atoms with Crippen LogP contribution in [0.1, 0.15) is 11.1 Å². The number of carbonyl (C=O) groups is 1. The van der Waals surface area contributed by atoms with Crippen molar-refractivity contribution in [3.8, 4) is 0 Å². The number of ether oxygens (including phenoxy) is 1. The predicted octanol–water partition coefficient (Wildman–Crippen LogP) is 0.848. The number of aromatic nitrogens is 4. The average molecular weight is 422 g/mol. The number of morpholine rings is 1. The third-order valence-electron chi connectivity index (χ3n) is 5.99. The summed E-state index contributed by atoms with van der Waals surface area (Å²) in [6.45, 7) is 7.47. The molecule has 0 N–H and O–H groups in total. The van der Waals surface area contributed by atoms with Crippen molar-refractivity contribution in [3.63, 3.8) is 0 Å². The van der Waals surface area contributed by atoms with Gasteiger partial charge < -0.3 is 14.5 Å². The lowest BCUT2D eigenvalue weighted by atomic mass is 10.1. The molecular formula is C22H27N7O2. The molecule has 2 fully saturated rings. The summed E-state index contributed by atoms with van der Waals surface area (Å²) in [4.78, 5) is 19.4. The lowest BCUT2D eigenvalue weighted by Gasteiger charge is -2.35. The minimum atomic E-state index is 0.183. The van der Waals surface area contributed by atoms with Gasteiger partial charge in [-0.3, -0.25) is 9.69 Å². The summed E-state index contributed by atoms with van der Waals surface area (Å²) in [6.07, 6.45) is 2.05. The van der Waals surface area contributed by atoms with Crippen LogP contribution in [0.15, 0.2) is 42.7 Å². The van der Waals surface area contributed by atoms with Gasteiger partial charge in [-0.15, -0.1) is 15.3 Å². The number of hydrogen-bond donors (Lipinski definition) is 0. The highest BCUT2D eigenvalue weighted by Gasteiger charge is 2.22. The maximum absolute atomic E-state index is 12.8. The van der Waals surface area contributed by atoms with Crippen LogP contribution in [-0.4, -0.2) is 88.0 Å². The van der Waals surface area contributed by atoms with Gasteiger partial charge in [-0.1, -0.05) is 24.3 Å². The zero-order valence-corrected chi connectivity index (χ0v) is 17.6. The van der Waals surface area contributed by atoms with Gasteiger partial charge in [0, 0.05) is 45.8 Å². The molecule has 0 bridgehead atoms. The molecule has 9 nitrogen and oxygen atoms in total. The van der Waals surface area contributed by atoms with Gasteiger partial charge in [-0.05, 0) is 23.3 Å². The van der Waals surface area contributed by atoms with Crippen molar-refractivity contribution in [2.75, 3.05) is 57.4 Å². The highest BCUT2D eigenvalue weighted by molar-refractivity contribution is 5.79. The molecule has 2 aliphatic rings. The molecule has 5 rings (SSSR count). The first-order valence-corrected chi connectivity index (χ1v) is 10.8. The van der Waals surface area contributed by atoms with Crippen LogP contribution in [-0.2, 0) is 22.5 Å². The largest absolute Gasteiger partial charge is 0.379 e. The first-order valence-electron chi connectivity index (χ1n) is 10.8. The van der Waals surface area contributed by atoms with Crippen LogP contribution >= 0.6 is 0 Å². The van der Waals surface area contributed by atoms with Crippen LogP contribution in [0.5, 0.6) is 0 Å². The summed E-state index contributed by atoms with van der Waals surface area (Å²) in [6, 6.07) is 12.3. The lowest BCUT2D eigenvalue weighted by molar-refractivity contribution is -0.130. The molecule has 9 heteroatoms. The zero-order chi connectivity index (χ0) is 21.0. The van der Waals surface area contributed by atoms with E-state index in [9.17, 15) is 4.79 Å². The Morgan fingerprint density at radius 2 is 1.65 bits per heavy atom. The van der Waals surface area contributed by atoms with Crippen molar-refractivity contribution < 1.29 is 9.53 Å². The molecule has 0 unspecified atom stereocenters. The van der Waals surface area contributed by atoms with Crippen molar-refractivity contribution in [1.29, 1.82) is 0 Å². The smallest absolute Gasteiger partial charge is 0.227 e. The number of fused-ring (bicyclic) bond motifs is 1. The summed E-state index contributed by atoms with van der Waals surface area (Å²) in [5.74, 6) is 1.07. The molecule has 0 spiro atoms. The Labute approximate surface area is 181 Å². The number of nitrogens with zero attached hydrogens (tertiary/aromatic N) is 7. The number of amides is 1. The van der Waals surface area contributed by atoms with Crippen LogP contribution in [0, 0.1) is 0 Å². The summed E-state index contributed by atoms with van der Waals surface area (Å²) in [5, 5.41) is 12.4. The second kappa shape index (κ2) is 8.99. The molecule has 0 aliphatic carbocycles. The predicted molar refractivity (Wildman–Crippen MR) is 116 cm³/mol. The van der Waals surface area contributed by atoms with Crippen molar-refractivity contribution in [1.82, 2.24) is 29.6 Å². The van der Waals surface area contributed by atoms with Gasteiger partial charge in [0.15, 0.2) is 5.65 Å². The van der Waals surface area contributed by atoms with E-state index in [1.54, 1.807) is 10.8 Å². The summed E-state index contributed by atoms with van der Waals surface area (Å²) < 4.78 is 7.08. The van der Waals surface area contributed by atoms with Crippen molar-refractivity contribution >= 4 is 17.4 Å². The van der Waals surface area contributed by atoms with Gasteiger partial charge in [0.05, 0.1) is 19.6 Å². The van der Waals surface area contributed by atoms with E-state index in [2.05, 4.69) is 49.4 Å². The van der Waals surface area contributed by atoms with Crippen LogP contribution in [0.2, 0.25) is 0 Å². The third-order valence-corrected chi connectivity index (χ3v) is 5.99. The van der Waals surface area contributed by atoms with Gasteiger partial charge in [-0.2, -0.15) is 4.52 Å². The van der Waals surface area contributed by atoms with Gasteiger partial charge in [0.1, 0.15) is 12.1 Å². The molecule has 4 heterocycles. The maximum Gasteiger partial charge on any atom is 0.227 e. The summed E-state index contributed by atoms with van der Waals surface area (Å²) >= 11 is 0. The minimum absolute atomic E-state index is 0.183. The molecule has 162 valence electrons. The first kappa shape index (κ1) is 19.9. The molecule has 0 saturated carbocycles. The van der Waals surface area contributed by atoms with Gasteiger partial charge >= 0.3 is 0 Å². The highest BCUT2D eigenvalue weighted by Crippen LogP contribution is 2.15. The average Bonchev–Trinajstić information content (AvgIpc) is 3.29. The number of benzene rings is 1. The number of piperazine rings is 1. The molecule has 0 atom stereocenters. The Bertz CT molecular complexity index is 1020. The second-order valence-electron chi connectivity index (χ2n) is 8.07. The number of rotatable bonds is 5. The maximum atomic E-state index is 12.8. The zero-order valence-electron chi connectivity index (χ0n) is 17.6. The van der Waals surface area contributed by atoms with Crippen molar-refractivity contribution in [3.05, 3.63) is 53.9 Å². The fraction of sp³-hybridized carbons (Fsp3) is 0.455. The van der Waals surface area contributed by atoms with Crippen LogP contribution in [0.3, 0.4) is 0 Å². The van der Waals surface area contributed by atoms with Crippen LogP contribution in [0.25, 0.3) is 5.65 Å². The molecule has 0 radical (unpaired) electrons. The monoisotopic (exact) mass is 421 g/mol. The third kappa shape index (κ3) is 4.67. The van der Waals surface area contributed by atoms with E-state index in [4.69, 9.17) is 4.74 Å². The number of carbonyl (C=O) groups excluding carboxylic acids is 1. The molecule has 2 aromatic heterocycles. The molecule has 31 heavy (non-hydrogen) atoms. The number of anilines is 1. The Kier molecular flexibility index (Phi) is 5.77. The second-order valence-corrected chi connectivity index (χ2v) is 8.07.